The Morgan fingerprint density at radius 2 is 2.12 bits per heavy atom. The summed E-state index contributed by atoms with van der Waals surface area (Å²) in [5.41, 5.74) is 4.60. The first-order valence-electron chi connectivity index (χ1n) is 1.92. The van der Waals surface area contributed by atoms with Crippen LogP contribution in [0.5, 0.6) is 0 Å². The van der Waals surface area contributed by atoms with Crippen LogP contribution in [0.4, 0.5) is 4.39 Å². The first kappa shape index (κ1) is 7.43. The van der Waals surface area contributed by atoms with E-state index in [4.69, 9.17) is 17.0 Å². The molecule has 0 unspecified atom stereocenters. The van der Waals surface area contributed by atoms with Crippen molar-refractivity contribution in [2.45, 2.75) is 6.92 Å². The fraction of sp³-hybridized carbons (Fsp3) is 0.250. The van der Waals surface area contributed by atoms with Gasteiger partial charge >= 0.3 is 0 Å². The molecule has 0 aromatic heterocycles. The van der Waals surface area contributed by atoms with Gasteiger partial charge in [0.15, 0.2) is 5.95 Å². The molecule has 0 saturated carbocycles. The van der Waals surface area contributed by atoms with Gasteiger partial charge in [-0.25, -0.2) is 0 Å². The Morgan fingerprint density at radius 3 is 2.12 bits per heavy atom. The van der Waals surface area contributed by atoms with Gasteiger partial charge in [0.1, 0.15) is 5.17 Å². The molecule has 0 aliphatic heterocycles. The number of halogens is 2. The van der Waals surface area contributed by atoms with E-state index in [-0.39, 0.29) is 10.7 Å². The topological polar surface area (TPSA) is 49.9 Å². The van der Waals surface area contributed by atoms with Gasteiger partial charge in [-0.3, -0.25) is 5.41 Å². The lowest BCUT2D eigenvalue weighted by molar-refractivity contribution is 0.620. The van der Waals surface area contributed by atoms with Crippen LogP contribution in [-0.4, -0.2) is 5.17 Å². The Kier molecular flexibility index (Phi) is 2.48. The van der Waals surface area contributed by atoms with Gasteiger partial charge in [-0.1, -0.05) is 11.6 Å². The Bertz CT molecular complexity index is 137. The molecular weight excluding hydrogens is 131 g/mol. The predicted octanol–water partition coefficient (Wildman–Crippen LogP) is 1.36. The summed E-state index contributed by atoms with van der Waals surface area (Å²) in [6.07, 6.45) is 0. The molecule has 0 aromatic rings. The van der Waals surface area contributed by atoms with E-state index in [1.54, 1.807) is 0 Å². The van der Waals surface area contributed by atoms with Crippen LogP contribution < -0.4 is 5.73 Å². The van der Waals surface area contributed by atoms with Crippen LogP contribution in [0.2, 0.25) is 0 Å². The van der Waals surface area contributed by atoms with Crippen LogP contribution in [0.3, 0.4) is 0 Å². The third-order valence-corrected chi connectivity index (χ3v) is 0.971. The normalized spacial score (nSPS) is 12.9. The number of nitrogens with one attached hydrogen (secondary N) is 1. The van der Waals surface area contributed by atoms with Gasteiger partial charge in [-0.15, -0.1) is 0 Å². The third-order valence-electron chi connectivity index (χ3n) is 0.687. The number of hydrogen-bond acceptors (Lipinski definition) is 2. The van der Waals surface area contributed by atoms with E-state index >= 15 is 0 Å². The van der Waals surface area contributed by atoms with Crippen LogP contribution in [0, 0.1) is 5.41 Å². The number of nitrogens with two attached hydrogens (primary N) is 1. The van der Waals surface area contributed by atoms with E-state index in [0.717, 1.165) is 0 Å². The standard InChI is InChI=1S/C4H6ClFN2/c1-2(3(5)7)4(6)8/h7H,8H2,1H3. The first-order valence-corrected chi connectivity index (χ1v) is 2.29. The molecule has 0 rings (SSSR count). The van der Waals surface area contributed by atoms with Gasteiger partial charge in [0.2, 0.25) is 0 Å². The second-order valence-corrected chi connectivity index (χ2v) is 1.66. The van der Waals surface area contributed by atoms with Crippen molar-refractivity contribution in [1.82, 2.24) is 0 Å². The van der Waals surface area contributed by atoms with E-state index in [0.29, 0.717) is 0 Å². The molecule has 0 aromatic carbocycles. The Labute approximate surface area is 51.6 Å². The predicted molar refractivity (Wildman–Crippen MR) is 31.6 cm³/mol. The van der Waals surface area contributed by atoms with Crippen LogP contribution in [-0.2, 0) is 0 Å². The molecule has 46 valence electrons. The van der Waals surface area contributed by atoms with Crippen molar-refractivity contribution in [3.8, 4) is 0 Å². The summed E-state index contributed by atoms with van der Waals surface area (Å²) < 4.78 is 11.8. The van der Waals surface area contributed by atoms with Crippen LogP contribution in [0.15, 0.2) is 11.5 Å². The van der Waals surface area contributed by atoms with Crippen molar-refractivity contribution < 1.29 is 4.39 Å². The molecule has 8 heavy (non-hydrogen) atoms. The van der Waals surface area contributed by atoms with Crippen molar-refractivity contribution in [1.29, 1.82) is 5.41 Å². The molecule has 0 saturated heterocycles. The molecule has 4 heteroatoms. The van der Waals surface area contributed by atoms with Gasteiger partial charge < -0.3 is 5.73 Å². The van der Waals surface area contributed by atoms with Crippen molar-refractivity contribution >= 4 is 16.8 Å². The van der Waals surface area contributed by atoms with Gasteiger partial charge in [0.05, 0.1) is 0 Å². The summed E-state index contributed by atoms with van der Waals surface area (Å²) >= 11 is 5.03. The summed E-state index contributed by atoms with van der Waals surface area (Å²) in [5.74, 6) is -0.898. The van der Waals surface area contributed by atoms with Crippen LogP contribution in [0.25, 0.3) is 0 Å². The third kappa shape index (κ3) is 1.93. The van der Waals surface area contributed by atoms with E-state index < -0.39 is 5.95 Å². The van der Waals surface area contributed by atoms with E-state index in [2.05, 4.69) is 5.73 Å². The maximum Gasteiger partial charge on any atom is 0.190 e. The summed E-state index contributed by atoms with van der Waals surface area (Å²) in [6.45, 7) is 1.34. The summed E-state index contributed by atoms with van der Waals surface area (Å²) in [4.78, 5) is 0. The molecule has 0 amide bonds. The van der Waals surface area contributed by atoms with Crippen LogP contribution >= 0.6 is 11.6 Å². The maximum absolute atomic E-state index is 11.8. The van der Waals surface area contributed by atoms with Crippen molar-refractivity contribution in [2.24, 2.45) is 5.73 Å². The summed E-state index contributed by atoms with van der Waals surface area (Å²) in [6, 6.07) is 0. The average Bonchev–Trinajstić information content (AvgIpc) is 1.64. The maximum atomic E-state index is 11.8. The molecule has 2 nitrogen and oxygen atoms in total. The largest absolute Gasteiger partial charge is 0.375 e. The average molecular weight is 137 g/mol. The highest BCUT2D eigenvalue weighted by Gasteiger charge is 1.98. The zero-order chi connectivity index (χ0) is 6.73. The summed E-state index contributed by atoms with van der Waals surface area (Å²) in [7, 11) is 0. The molecule has 0 radical (unpaired) electrons. The van der Waals surface area contributed by atoms with Gasteiger partial charge in [0, 0.05) is 5.57 Å². The summed E-state index contributed by atoms with van der Waals surface area (Å²) in [5, 5.41) is 6.26. The van der Waals surface area contributed by atoms with Crippen LogP contribution in [0.1, 0.15) is 6.92 Å². The second kappa shape index (κ2) is 2.67. The Hall–Kier alpha value is -0.570. The first-order chi connectivity index (χ1) is 3.55. The smallest absolute Gasteiger partial charge is 0.190 e. The molecule has 3 N–H and O–H groups in total. The highest BCUT2D eigenvalue weighted by Crippen LogP contribution is 2.02. The number of rotatable bonds is 1. The molecular formula is C4H6ClFN2. The van der Waals surface area contributed by atoms with E-state index in [1.807, 2.05) is 0 Å². The van der Waals surface area contributed by atoms with Crippen molar-refractivity contribution in [3.05, 3.63) is 11.5 Å². The minimum Gasteiger partial charge on any atom is -0.375 e. The highest BCUT2D eigenvalue weighted by atomic mass is 35.5. The van der Waals surface area contributed by atoms with Crippen molar-refractivity contribution in [2.75, 3.05) is 0 Å². The molecule has 0 bridgehead atoms. The fourth-order valence-corrected chi connectivity index (χ4v) is 0.195. The molecule has 0 aliphatic rings. The molecule has 0 fully saturated rings. The number of allylic oxidation sites excluding steroid dienone is 1. The molecule has 0 spiro atoms. The van der Waals surface area contributed by atoms with Crippen molar-refractivity contribution in [3.63, 3.8) is 0 Å². The van der Waals surface area contributed by atoms with E-state index in [9.17, 15) is 4.39 Å². The van der Waals surface area contributed by atoms with Gasteiger partial charge in [-0.2, -0.15) is 4.39 Å². The lowest BCUT2D eigenvalue weighted by Crippen LogP contribution is -1.98. The molecule has 0 aliphatic carbocycles. The Morgan fingerprint density at radius 1 is 1.75 bits per heavy atom. The lowest BCUT2D eigenvalue weighted by atomic mass is 10.3. The van der Waals surface area contributed by atoms with Gasteiger partial charge in [-0.05, 0) is 6.92 Å². The van der Waals surface area contributed by atoms with Gasteiger partial charge in [0.25, 0.3) is 0 Å². The second-order valence-electron chi connectivity index (χ2n) is 1.29. The zero-order valence-corrected chi connectivity index (χ0v) is 5.09. The highest BCUT2D eigenvalue weighted by molar-refractivity contribution is 6.68. The monoisotopic (exact) mass is 136 g/mol. The Balaban J connectivity index is 4.23. The minimum atomic E-state index is -0.898. The molecule has 0 heterocycles. The van der Waals surface area contributed by atoms with E-state index in [1.165, 1.54) is 6.92 Å². The molecule has 0 atom stereocenters. The number of hydrogen-bond donors (Lipinski definition) is 2. The zero-order valence-electron chi connectivity index (χ0n) is 4.33. The SMILES string of the molecule is CC(C(=N)Cl)=C(N)F. The minimum absolute atomic E-state index is 0.0216. The lowest BCUT2D eigenvalue weighted by Gasteiger charge is -1.91. The fourth-order valence-electron chi connectivity index (χ4n) is 0.105. The quantitative estimate of drug-likeness (QED) is 0.415.